The number of ketones is 1. The van der Waals surface area contributed by atoms with Crippen molar-refractivity contribution in [3.05, 3.63) is 29.8 Å². The number of esters is 1. The van der Waals surface area contributed by atoms with Crippen molar-refractivity contribution in [3.8, 4) is 0 Å². The van der Waals surface area contributed by atoms with Gasteiger partial charge in [-0.1, -0.05) is 53.2 Å². The summed E-state index contributed by atoms with van der Waals surface area (Å²) in [4.78, 5) is 27.1. The quantitative estimate of drug-likeness (QED) is 0.170. The molecule has 0 heterocycles. The third kappa shape index (κ3) is 11.3. The Bertz CT molecular complexity index is 996. The van der Waals surface area contributed by atoms with E-state index in [4.69, 9.17) is 19.9 Å². The molecule has 0 aliphatic rings. The Morgan fingerprint density at radius 2 is 1.43 bits per heavy atom. The van der Waals surface area contributed by atoms with E-state index in [1.54, 1.807) is 27.7 Å². The van der Waals surface area contributed by atoms with Crippen LogP contribution in [-0.4, -0.2) is 66.6 Å². The number of ether oxygens (including phenoxy) is 3. The molecule has 0 radical (unpaired) electrons. The lowest BCUT2D eigenvalue weighted by Crippen LogP contribution is -2.48. The van der Waals surface area contributed by atoms with Crippen molar-refractivity contribution in [1.82, 2.24) is 0 Å². The minimum Gasteiger partial charge on any atom is -0.453 e. The molecule has 0 spiro atoms. The lowest BCUT2D eigenvalue weighted by Gasteiger charge is -2.42. The third-order valence-electron chi connectivity index (χ3n) is 9.16. The first kappa shape index (κ1) is 38.6. The summed E-state index contributed by atoms with van der Waals surface area (Å²) in [7, 11) is -0.820. The van der Waals surface area contributed by atoms with Gasteiger partial charge < -0.3 is 19.9 Å². The van der Waals surface area contributed by atoms with E-state index in [0.29, 0.717) is 18.9 Å². The number of hydrogen-bond acceptors (Lipinski definition) is 6. The van der Waals surface area contributed by atoms with E-state index in [9.17, 15) is 9.59 Å². The third-order valence-corrected chi connectivity index (χ3v) is 10.9. The van der Waals surface area contributed by atoms with E-state index < -0.39 is 39.3 Å². The zero-order valence-electron chi connectivity index (χ0n) is 29.3. The van der Waals surface area contributed by atoms with Crippen molar-refractivity contribution in [3.63, 3.8) is 0 Å². The van der Waals surface area contributed by atoms with Crippen molar-refractivity contribution in [2.24, 2.45) is 17.1 Å². The summed E-state index contributed by atoms with van der Waals surface area (Å²) >= 11 is 0. The molecular weight excluding hydrogens is 546 g/mol. The van der Waals surface area contributed by atoms with Crippen LogP contribution in [0.4, 0.5) is 0 Å². The largest absolute Gasteiger partial charge is 0.453 e. The molecule has 42 heavy (non-hydrogen) atoms. The average molecular weight is 610 g/mol. The van der Waals surface area contributed by atoms with Crippen molar-refractivity contribution >= 4 is 21.8 Å². The second-order valence-electron chi connectivity index (χ2n) is 14.5. The van der Waals surface area contributed by atoms with Crippen LogP contribution in [0.3, 0.4) is 0 Å². The predicted molar refractivity (Wildman–Crippen MR) is 179 cm³/mol. The number of carbonyl (C=O) groups excluding carboxylic acids is 2. The highest BCUT2D eigenvalue weighted by Crippen LogP contribution is 2.47. The summed E-state index contributed by atoms with van der Waals surface area (Å²) in [5.41, 5.74) is 6.77. The maximum atomic E-state index is 13.2. The second-order valence-corrected chi connectivity index (χ2v) is 18.7. The molecule has 0 aliphatic heterocycles. The highest BCUT2D eigenvalue weighted by Gasteiger charge is 2.40. The molecule has 0 saturated heterocycles. The van der Waals surface area contributed by atoms with Crippen molar-refractivity contribution in [1.29, 1.82) is 0 Å². The molecule has 0 saturated carbocycles. The highest BCUT2D eigenvalue weighted by molar-refractivity contribution is 8.32. The zero-order chi connectivity index (χ0) is 32.7. The fraction of sp³-hybridized carbons (Fsp3) is 0.771. The number of Topliss-reactive ketones (excluding diaryl/α,β-unsaturated/α-hetero) is 1. The standard InChI is InChI=1S/C35H63NO5S/c1-15-24(3)33(7,8)23-30(28-17-19-29(20-18-28)42(12,13)14)35(11,36)21-22-39-34(9,10)31(37)26(5)41-32(38)27(6)40-25(4)16-2/h17-20,24-27,30H,15-16,21-23,36H2,1-14H3. The molecule has 1 aromatic rings. The first-order valence-electron chi connectivity index (χ1n) is 15.7. The number of carbonyl (C=O) groups is 2. The van der Waals surface area contributed by atoms with Gasteiger partial charge >= 0.3 is 5.97 Å². The van der Waals surface area contributed by atoms with Crippen LogP contribution >= 0.6 is 10.0 Å². The maximum absolute atomic E-state index is 13.2. The monoisotopic (exact) mass is 609 g/mol. The van der Waals surface area contributed by atoms with Gasteiger partial charge in [-0.3, -0.25) is 4.79 Å². The van der Waals surface area contributed by atoms with Crippen LogP contribution in [0.15, 0.2) is 29.2 Å². The second kappa shape index (κ2) is 15.5. The Morgan fingerprint density at radius 1 is 0.881 bits per heavy atom. The summed E-state index contributed by atoms with van der Waals surface area (Å²) in [5.74, 6) is -0.184. The number of rotatable bonds is 18. The minimum atomic E-state index is -1.14. The summed E-state index contributed by atoms with van der Waals surface area (Å²) in [6.07, 6.45) is 8.57. The average Bonchev–Trinajstić information content (AvgIpc) is 2.89. The highest BCUT2D eigenvalue weighted by atomic mass is 32.3. The maximum Gasteiger partial charge on any atom is 0.335 e. The van der Waals surface area contributed by atoms with Gasteiger partial charge in [-0.25, -0.2) is 14.8 Å². The Hall–Kier alpha value is -1.41. The fourth-order valence-electron chi connectivity index (χ4n) is 5.20. The van der Waals surface area contributed by atoms with Crippen LogP contribution in [0.1, 0.15) is 113 Å². The topological polar surface area (TPSA) is 87.8 Å². The summed E-state index contributed by atoms with van der Waals surface area (Å²) < 4.78 is 17.3. The van der Waals surface area contributed by atoms with Gasteiger partial charge in [0.1, 0.15) is 5.60 Å². The molecule has 6 unspecified atom stereocenters. The Balaban J connectivity index is 3.05. The number of benzene rings is 1. The number of nitrogens with two attached hydrogens (primary N) is 1. The van der Waals surface area contributed by atoms with E-state index in [0.717, 1.165) is 19.3 Å². The molecule has 244 valence electrons. The molecule has 6 atom stereocenters. The van der Waals surface area contributed by atoms with Crippen molar-refractivity contribution < 1.29 is 23.8 Å². The molecule has 7 heteroatoms. The molecule has 0 aromatic heterocycles. The van der Waals surface area contributed by atoms with Gasteiger partial charge in [-0.15, -0.1) is 0 Å². The van der Waals surface area contributed by atoms with E-state index >= 15 is 0 Å². The molecule has 2 N–H and O–H groups in total. The van der Waals surface area contributed by atoms with Crippen LogP contribution < -0.4 is 5.73 Å². The molecule has 6 nitrogen and oxygen atoms in total. The molecule has 1 aromatic carbocycles. The van der Waals surface area contributed by atoms with Gasteiger partial charge in [0.2, 0.25) is 5.78 Å². The van der Waals surface area contributed by atoms with Crippen LogP contribution in [0, 0.1) is 11.3 Å². The summed E-state index contributed by atoms with van der Waals surface area (Å²) in [6, 6.07) is 9.04. The predicted octanol–water partition coefficient (Wildman–Crippen LogP) is 7.89. The number of hydrogen-bond donors (Lipinski definition) is 1. The van der Waals surface area contributed by atoms with Gasteiger partial charge in [0.15, 0.2) is 12.2 Å². The van der Waals surface area contributed by atoms with E-state index in [1.165, 1.54) is 10.5 Å². The normalized spacial score (nSPS) is 18.4. The van der Waals surface area contributed by atoms with Crippen LogP contribution in [0.5, 0.6) is 0 Å². The zero-order valence-corrected chi connectivity index (χ0v) is 30.1. The molecule has 0 bridgehead atoms. The van der Waals surface area contributed by atoms with Crippen LogP contribution in [0.25, 0.3) is 0 Å². The van der Waals surface area contributed by atoms with Gasteiger partial charge in [-0.05, 0) is 113 Å². The Labute approximate surface area is 259 Å². The van der Waals surface area contributed by atoms with Gasteiger partial charge in [0.25, 0.3) is 0 Å². The summed E-state index contributed by atoms with van der Waals surface area (Å²) in [6.45, 7) is 22.2. The molecule has 0 aliphatic carbocycles. The Kier molecular flexibility index (Phi) is 14.3. The lowest BCUT2D eigenvalue weighted by molar-refractivity contribution is -0.172. The first-order valence-corrected chi connectivity index (χ1v) is 18.6. The van der Waals surface area contributed by atoms with Crippen LogP contribution in [0.2, 0.25) is 0 Å². The van der Waals surface area contributed by atoms with Crippen molar-refractivity contribution in [2.45, 2.75) is 142 Å². The van der Waals surface area contributed by atoms with Gasteiger partial charge in [0, 0.05) is 18.1 Å². The Morgan fingerprint density at radius 3 is 1.90 bits per heavy atom. The molecular formula is C35H63NO5S. The SMILES string of the molecule is CCC(C)OC(C)C(=O)OC(C)C(=O)C(C)(C)OCCC(C)(N)C(CC(C)(C)C(C)CC)c1ccc(S(C)(C)C)cc1. The molecule has 0 fully saturated rings. The van der Waals surface area contributed by atoms with E-state index in [1.807, 2.05) is 13.8 Å². The van der Waals surface area contributed by atoms with Gasteiger partial charge in [0.05, 0.1) is 6.10 Å². The van der Waals surface area contributed by atoms with Crippen molar-refractivity contribution in [2.75, 3.05) is 25.4 Å². The van der Waals surface area contributed by atoms with E-state index in [-0.39, 0.29) is 23.2 Å². The molecule has 1 rings (SSSR count). The minimum absolute atomic E-state index is 0.0685. The lowest BCUT2D eigenvalue weighted by atomic mass is 9.66. The van der Waals surface area contributed by atoms with Crippen LogP contribution in [-0.2, 0) is 23.8 Å². The van der Waals surface area contributed by atoms with E-state index in [2.05, 4.69) is 77.7 Å². The smallest absolute Gasteiger partial charge is 0.335 e. The summed E-state index contributed by atoms with van der Waals surface area (Å²) in [5, 5.41) is 0. The van der Waals surface area contributed by atoms with Gasteiger partial charge in [-0.2, -0.15) is 0 Å². The fourth-order valence-corrected chi connectivity index (χ4v) is 6.16. The first-order chi connectivity index (χ1) is 19.1. The molecule has 0 amide bonds.